The molecular weight excluding hydrogens is 246 g/mol. The smallest absolute Gasteiger partial charge is 0.341 e. The fourth-order valence-electron chi connectivity index (χ4n) is 1.44. The van der Waals surface area contributed by atoms with Crippen LogP contribution in [-0.2, 0) is 4.79 Å². The summed E-state index contributed by atoms with van der Waals surface area (Å²) in [6.45, 7) is 0. The number of aromatic amines is 1. The molecule has 1 heterocycles. The van der Waals surface area contributed by atoms with E-state index in [9.17, 15) is 4.79 Å². The summed E-state index contributed by atoms with van der Waals surface area (Å²) >= 11 is 9.75. The Morgan fingerprint density at radius 1 is 1.50 bits per heavy atom. The molecule has 2 aromatic rings. The molecule has 82 valence electrons. The van der Waals surface area contributed by atoms with Gasteiger partial charge in [0, 0.05) is 27.7 Å². The van der Waals surface area contributed by atoms with Crippen LogP contribution in [0.4, 0.5) is 0 Å². The van der Waals surface area contributed by atoms with Crippen molar-refractivity contribution in [2.45, 2.75) is 0 Å². The van der Waals surface area contributed by atoms with Crippen molar-refractivity contribution in [3.8, 4) is 0 Å². The third kappa shape index (κ3) is 2.08. The van der Waals surface area contributed by atoms with Gasteiger partial charge < -0.3 is 10.1 Å². The molecule has 2 N–H and O–H groups in total. The lowest BCUT2D eigenvalue weighted by atomic mass is 10.1. The van der Waals surface area contributed by atoms with Gasteiger partial charge >= 0.3 is 5.97 Å². The number of hydrogen-bond acceptors (Lipinski definition) is 2. The Morgan fingerprint density at radius 2 is 2.25 bits per heavy atom. The summed E-state index contributed by atoms with van der Waals surface area (Å²) in [6.07, 6.45) is 3.21. The van der Waals surface area contributed by atoms with Gasteiger partial charge in [0.25, 0.3) is 0 Å². The quantitative estimate of drug-likeness (QED) is 0.569. The van der Waals surface area contributed by atoms with Crippen LogP contribution in [0.5, 0.6) is 0 Å². The number of halogens is 1. The minimum atomic E-state index is -1.06. The standard InChI is InChI=1S/C11H8ClNO2S/c12-7-1-2-9-8(4-7)6(5-13-9)3-10(16)11(14)15/h1-5,13,16H,(H,14,15)/b10-3-. The largest absolute Gasteiger partial charge is 0.477 e. The fourth-order valence-corrected chi connectivity index (χ4v) is 1.75. The first-order valence-electron chi connectivity index (χ1n) is 4.48. The molecular formula is C11H8ClNO2S. The Morgan fingerprint density at radius 3 is 2.94 bits per heavy atom. The van der Waals surface area contributed by atoms with Crippen LogP contribution in [0.2, 0.25) is 5.02 Å². The van der Waals surface area contributed by atoms with E-state index < -0.39 is 5.97 Å². The van der Waals surface area contributed by atoms with Gasteiger partial charge in [-0.2, -0.15) is 0 Å². The Hall–Kier alpha value is -1.39. The third-order valence-corrected chi connectivity index (χ3v) is 2.74. The summed E-state index contributed by atoms with van der Waals surface area (Å²) in [4.78, 5) is 13.7. The highest BCUT2D eigenvalue weighted by Gasteiger charge is 2.05. The van der Waals surface area contributed by atoms with Crippen molar-refractivity contribution in [2.24, 2.45) is 0 Å². The lowest BCUT2D eigenvalue weighted by Crippen LogP contribution is -1.92. The molecule has 16 heavy (non-hydrogen) atoms. The molecule has 0 aliphatic carbocycles. The summed E-state index contributed by atoms with van der Waals surface area (Å²) in [7, 11) is 0. The van der Waals surface area contributed by atoms with E-state index in [1.165, 1.54) is 6.08 Å². The molecule has 0 aliphatic rings. The molecule has 5 heteroatoms. The van der Waals surface area contributed by atoms with Crippen molar-refractivity contribution in [3.63, 3.8) is 0 Å². The lowest BCUT2D eigenvalue weighted by molar-refractivity contribution is -0.131. The maximum Gasteiger partial charge on any atom is 0.341 e. The van der Waals surface area contributed by atoms with Crippen molar-refractivity contribution in [2.75, 3.05) is 0 Å². The zero-order chi connectivity index (χ0) is 11.7. The van der Waals surface area contributed by atoms with E-state index in [-0.39, 0.29) is 4.91 Å². The molecule has 0 saturated carbocycles. The second-order valence-electron chi connectivity index (χ2n) is 3.27. The van der Waals surface area contributed by atoms with Crippen LogP contribution in [0.25, 0.3) is 17.0 Å². The van der Waals surface area contributed by atoms with Crippen LogP contribution in [0.3, 0.4) is 0 Å². The Kier molecular flexibility index (Phi) is 2.94. The van der Waals surface area contributed by atoms with E-state index in [0.29, 0.717) is 5.02 Å². The highest BCUT2D eigenvalue weighted by atomic mass is 35.5. The second kappa shape index (κ2) is 4.23. The van der Waals surface area contributed by atoms with Gasteiger partial charge in [-0.05, 0) is 24.3 Å². The van der Waals surface area contributed by atoms with Gasteiger partial charge in [-0.25, -0.2) is 4.79 Å². The van der Waals surface area contributed by atoms with Crippen LogP contribution in [0, 0.1) is 0 Å². The molecule has 2 rings (SSSR count). The van der Waals surface area contributed by atoms with Crippen LogP contribution in [0.15, 0.2) is 29.3 Å². The first-order chi connectivity index (χ1) is 7.58. The minimum Gasteiger partial charge on any atom is -0.477 e. The van der Waals surface area contributed by atoms with Crippen molar-refractivity contribution >= 4 is 47.2 Å². The average Bonchev–Trinajstić information content (AvgIpc) is 2.61. The first-order valence-corrected chi connectivity index (χ1v) is 5.31. The topological polar surface area (TPSA) is 53.1 Å². The van der Waals surface area contributed by atoms with Crippen molar-refractivity contribution in [1.82, 2.24) is 4.98 Å². The Bertz CT molecular complexity index is 589. The number of carboxylic acid groups (broad SMARTS) is 1. The van der Waals surface area contributed by atoms with E-state index in [2.05, 4.69) is 17.6 Å². The van der Waals surface area contributed by atoms with Gasteiger partial charge in [0.1, 0.15) is 0 Å². The molecule has 0 amide bonds. The van der Waals surface area contributed by atoms with E-state index >= 15 is 0 Å². The van der Waals surface area contributed by atoms with Gasteiger partial charge in [0.05, 0.1) is 4.91 Å². The fraction of sp³-hybridized carbons (Fsp3) is 0. The highest BCUT2D eigenvalue weighted by molar-refractivity contribution is 7.85. The van der Waals surface area contributed by atoms with Gasteiger partial charge in [0.2, 0.25) is 0 Å². The normalized spacial score (nSPS) is 12.0. The lowest BCUT2D eigenvalue weighted by Gasteiger charge is -1.94. The van der Waals surface area contributed by atoms with E-state index in [1.54, 1.807) is 18.3 Å². The van der Waals surface area contributed by atoms with Gasteiger partial charge in [-0.3, -0.25) is 0 Å². The Labute approximate surface area is 102 Å². The zero-order valence-corrected chi connectivity index (χ0v) is 9.72. The maximum atomic E-state index is 10.6. The minimum absolute atomic E-state index is 0.0131. The first kappa shape index (κ1) is 11.1. The van der Waals surface area contributed by atoms with Gasteiger partial charge in [0.15, 0.2) is 0 Å². The van der Waals surface area contributed by atoms with Gasteiger partial charge in [-0.15, -0.1) is 12.6 Å². The predicted octanol–water partition coefficient (Wildman–Crippen LogP) is 3.18. The molecule has 0 atom stereocenters. The SMILES string of the molecule is O=C(O)/C(S)=C/c1c[nH]c2ccc(Cl)cc12. The molecule has 1 aromatic carbocycles. The number of benzene rings is 1. The number of thiol groups is 1. The summed E-state index contributed by atoms with van der Waals surface area (Å²) in [5.41, 5.74) is 1.66. The second-order valence-corrected chi connectivity index (χ2v) is 4.19. The van der Waals surface area contributed by atoms with Crippen molar-refractivity contribution in [1.29, 1.82) is 0 Å². The number of aliphatic carboxylic acids is 1. The van der Waals surface area contributed by atoms with E-state index in [0.717, 1.165) is 16.5 Å². The molecule has 1 aromatic heterocycles. The third-order valence-electron chi connectivity index (χ3n) is 2.19. The van der Waals surface area contributed by atoms with Gasteiger partial charge in [-0.1, -0.05) is 11.6 Å². The van der Waals surface area contributed by atoms with E-state index in [1.807, 2.05) is 6.07 Å². The number of carbonyl (C=O) groups is 1. The number of aromatic nitrogens is 1. The molecule has 0 saturated heterocycles. The number of fused-ring (bicyclic) bond motifs is 1. The predicted molar refractivity (Wildman–Crippen MR) is 67.9 cm³/mol. The van der Waals surface area contributed by atoms with Crippen LogP contribution in [0.1, 0.15) is 5.56 Å². The molecule has 0 aliphatic heterocycles. The molecule has 0 unspecified atom stereocenters. The molecule has 0 radical (unpaired) electrons. The summed E-state index contributed by atoms with van der Waals surface area (Å²) in [6, 6.07) is 5.39. The number of carboxylic acids is 1. The van der Waals surface area contributed by atoms with Crippen LogP contribution in [-0.4, -0.2) is 16.1 Å². The van der Waals surface area contributed by atoms with Crippen molar-refractivity contribution < 1.29 is 9.90 Å². The maximum absolute atomic E-state index is 10.6. The van der Waals surface area contributed by atoms with Crippen LogP contribution >= 0.6 is 24.2 Å². The van der Waals surface area contributed by atoms with Crippen molar-refractivity contribution in [3.05, 3.63) is 39.9 Å². The average molecular weight is 254 g/mol. The monoisotopic (exact) mass is 253 g/mol. The van der Waals surface area contributed by atoms with Crippen LogP contribution < -0.4 is 0 Å². The Balaban J connectivity index is 2.57. The van der Waals surface area contributed by atoms with E-state index in [4.69, 9.17) is 16.7 Å². The zero-order valence-electron chi connectivity index (χ0n) is 8.07. The number of H-pyrrole nitrogens is 1. The highest BCUT2D eigenvalue weighted by Crippen LogP contribution is 2.24. The summed E-state index contributed by atoms with van der Waals surface area (Å²) < 4.78 is 0. The number of hydrogen-bond donors (Lipinski definition) is 3. The molecule has 0 bridgehead atoms. The summed E-state index contributed by atoms with van der Waals surface area (Å²) in [5.74, 6) is -1.06. The molecule has 0 fully saturated rings. The summed E-state index contributed by atoms with van der Waals surface area (Å²) in [5, 5.41) is 10.2. The molecule has 0 spiro atoms. The number of nitrogens with one attached hydrogen (secondary N) is 1. The molecule has 3 nitrogen and oxygen atoms in total. The number of rotatable bonds is 2.